The third kappa shape index (κ3) is 175. The van der Waals surface area contributed by atoms with Crippen LogP contribution in [0, 0.1) is 0 Å². The second-order valence-corrected chi connectivity index (χ2v) is 11.5. The van der Waals surface area contributed by atoms with Crippen LogP contribution < -0.4 is 0 Å². The summed E-state index contributed by atoms with van der Waals surface area (Å²) in [7, 11) is 10.8. The summed E-state index contributed by atoms with van der Waals surface area (Å²) in [5, 5.41) is 0. The van der Waals surface area contributed by atoms with Gasteiger partial charge in [-0.3, -0.25) is 33.6 Å². The SMILES string of the molecule is C1COCO1.CCC.CCC(=O)OC.CCCC(=O)OC.CCCOC(C)=O.CCOC(=O)CC.CCOC(C)=O.CCOCCOCC.CN(C)C=O.COC(C)=O.COCCOC. The quantitative estimate of drug-likeness (QED) is 0.0642. The molecule has 0 bridgehead atoms. The average molecular weight is 956 g/mol. The van der Waals surface area contributed by atoms with Crippen LogP contribution in [0.2, 0.25) is 0 Å². The van der Waals surface area contributed by atoms with E-state index in [1.54, 1.807) is 56.0 Å². The van der Waals surface area contributed by atoms with E-state index < -0.39 is 0 Å². The molecule has 0 aromatic heterocycles. The van der Waals surface area contributed by atoms with Crippen LogP contribution >= 0.6 is 0 Å². The smallest absolute Gasteiger partial charge is 0.305 e. The molecule has 65 heavy (non-hydrogen) atoms. The zero-order valence-corrected chi connectivity index (χ0v) is 44.5. The van der Waals surface area contributed by atoms with Gasteiger partial charge in [-0.15, -0.1) is 0 Å². The molecule has 0 unspecified atom stereocenters. The Kier molecular flexibility index (Phi) is 118. The van der Waals surface area contributed by atoms with E-state index >= 15 is 0 Å². The van der Waals surface area contributed by atoms with Gasteiger partial charge in [0.05, 0.1) is 80.8 Å². The Morgan fingerprint density at radius 3 is 0.969 bits per heavy atom. The normalized spacial score (nSPS) is 9.29. The summed E-state index contributed by atoms with van der Waals surface area (Å²) in [6.45, 7) is 31.4. The van der Waals surface area contributed by atoms with Crippen LogP contribution in [0.15, 0.2) is 0 Å². The molecule has 1 rings (SSSR count). The molecule has 0 radical (unpaired) electrons. The molecule has 0 N–H and O–H groups in total. The summed E-state index contributed by atoms with van der Waals surface area (Å²) >= 11 is 0. The van der Waals surface area contributed by atoms with Crippen molar-refractivity contribution in [2.24, 2.45) is 0 Å². The van der Waals surface area contributed by atoms with Gasteiger partial charge in [-0.25, -0.2) is 0 Å². The molecule has 1 saturated heterocycles. The number of amides is 1. The number of carbonyl (C=O) groups is 7. The molecular formula is C45H97NO19. The first-order valence-corrected chi connectivity index (χ1v) is 21.8. The maximum atomic E-state index is 10.2. The molecule has 1 heterocycles. The fraction of sp³-hybridized carbons (Fsp3) is 0.844. The van der Waals surface area contributed by atoms with Crippen molar-refractivity contribution in [2.45, 2.75) is 129 Å². The van der Waals surface area contributed by atoms with Gasteiger partial charge in [0, 0.05) is 81.6 Å². The Morgan fingerprint density at radius 1 is 0.492 bits per heavy atom. The Balaban J connectivity index is -0.0000000644. The molecule has 0 aromatic carbocycles. The molecular weight excluding hydrogens is 858 g/mol. The highest BCUT2D eigenvalue weighted by atomic mass is 16.7. The Hall–Kier alpha value is -3.95. The predicted molar refractivity (Wildman–Crippen MR) is 252 cm³/mol. The first-order valence-electron chi connectivity index (χ1n) is 21.8. The summed E-state index contributed by atoms with van der Waals surface area (Å²) in [4.78, 5) is 70.6. The monoisotopic (exact) mass is 956 g/mol. The minimum absolute atomic E-state index is 0.123. The largest absolute Gasteiger partial charge is 0.469 e. The second-order valence-electron chi connectivity index (χ2n) is 11.5. The third-order valence-electron chi connectivity index (χ3n) is 4.96. The van der Waals surface area contributed by atoms with Crippen molar-refractivity contribution < 1.29 is 90.4 Å². The lowest BCUT2D eigenvalue weighted by molar-refractivity contribution is -0.143. The molecule has 1 fully saturated rings. The van der Waals surface area contributed by atoms with Crippen LogP contribution in [-0.4, -0.2) is 176 Å². The molecule has 0 saturated carbocycles. The van der Waals surface area contributed by atoms with Gasteiger partial charge in [-0.05, 0) is 40.5 Å². The van der Waals surface area contributed by atoms with Crippen molar-refractivity contribution >= 4 is 42.2 Å². The first-order chi connectivity index (χ1) is 30.7. The Bertz CT molecular complexity index is 878. The molecule has 0 atom stereocenters. The Morgan fingerprint density at radius 2 is 0.862 bits per heavy atom. The van der Waals surface area contributed by atoms with E-state index in [0.29, 0.717) is 59.1 Å². The Labute approximate surface area is 394 Å². The maximum absolute atomic E-state index is 10.2. The third-order valence-corrected chi connectivity index (χ3v) is 4.96. The minimum atomic E-state index is -0.245. The molecule has 0 spiro atoms. The highest BCUT2D eigenvalue weighted by Gasteiger charge is 1.94. The van der Waals surface area contributed by atoms with Crippen molar-refractivity contribution in [1.82, 2.24) is 4.90 Å². The number of methoxy groups -OCH3 is 5. The standard InChI is InChI=1S/C6H14O2.3C5H10O2.C4H10O2.2C4H8O2.C3H7NO.2C3H6O2.C3H8/c1-3-7-5-6-8-4-2;1-3-4-5(6)7-2;1-3-4-7-5(2)6;1-3-5(6)7-4-2;1-5-3-4-6-2;1-3-4(5)6-2;1-3-6-4(2)5;1-4(2)3-5;1-2-5-3-4-1;1-3(4)5-2;1-3-2/h3-6H2,1-2H3;3*3-4H2,1-2H3;3-4H2,1-2H3;2*3H2,1-2H3;3H,1-2H3;1-3H2;1-2H3;3H2,1-2H3. The maximum Gasteiger partial charge on any atom is 0.305 e. The zero-order valence-electron chi connectivity index (χ0n) is 44.5. The van der Waals surface area contributed by atoms with Gasteiger partial charge in [-0.2, -0.15) is 0 Å². The summed E-state index contributed by atoms with van der Waals surface area (Å²) in [6.07, 6.45) is 5.26. The molecule has 0 aliphatic carbocycles. The van der Waals surface area contributed by atoms with Gasteiger partial charge in [0.15, 0.2) is 0 Å². The van der Waals surface area contributed by atoms with E-state index in [-0.39, 0.29) is 35.8 Å². The minimum Gasteiger partial charge on any atom is -0.469 e. The van der Waals surface area contributed by atoms with Gasteiger partial charge < -0.3 is 61.7 Å². The highest BCUT2D eigenvalue weighted by Crippen LogP contribution is 1.87. The lowest BCUT2D eigenvalue weighted by atomic mass is 10.3. The van der Waals surface area contributed by atoms with E-state index in [4.69, 9.17) is 18.9 Å². The van der Waals surface area contributed by atoms with E-state index in [1.807, 2.05) is 27.7 Å². The van der Waals surface area contributed by atoms with Crippen LogP contribution in [0.1, 0.15) is 129 Å². The number of hydrogen-bond acceptors (Lipinski definition) is 19. The number of carbonyl (C=O) groups excluding carboxylic acids is 7. The molecule has 0 aromatic rings. The van der Waals surface area contributed by atoms with Crippen LogP contribution in [0.25, 0.3) is 0 Å². The summed E-state index contributed by atoms with van der Waals surface area (Å²) < 4.78 is 55.0. The molecule has 1 aliphatic rings. The van der Waals surface area contributed by atoms with Crippen molar-refractivity contribution in [3.63, 3.8) is 0 Å². The van der Waals surface area contributed by atoms with Gasteiger partial charge in [0.25, 0.3) is 0 Å². The lowest BCUT2D eigenvalue weighted by Crippen LogP contribution is -2.06. The van der Waals surface area contributed by atoms with Gasteiger partial charge >= 0.3 is 35.8 Å². The predicted octanol–water partition coefficient (Wildman–Crippen LogP) is 6.65. The lowest BCUT2D eigenvalue weighted by Gasteiger charge is -1.99. The van der Waals surface area contributed by atoms with Crippen molar-refractivity contribution in [3.8, 4) is 0 Å². The van der Waals surface area contributed by atoms with Crippen molar-refractivity contribution in [2.75, 3.05) is 129 Å². The van der Waals surface area contributed by atoms with Crippen LogP contribution in [0.3, 0.4) is 0 Å². The average Bonchev–Trinajstić information content (AvgIpc) is 3.89. The molecule has 1 aliphatic heterocycles. The van der Waals surface area contributed by atoms with Crippen molar-refractivity contribution in [1.29, 1.82) is 0 Å². The van der Waals surface area contributed by atoms with E-state index in [0.717, 1.165) is 58.9 Å². The number of nitrogens with zero attached hydrogens (tertiary/aromatic N) is 1. The zero-order chi connectivity index (χ0) is 53.0. The fourth-order valence-corrected chi connectivity index (χ4v) is 2.03. The summed E-state index contributed by atoms with van der Waals surface area (Å²) in [6, 6.07) is 0. The molecule has 1 amide bonds. The first kappa shape index (κ1) is 84.5. The molecule has 20 nitrogen and oxygen atoms in total. The number of ether oxygens (including phenoxy) is 12. The molecule has 396 valence electrons. The number of esters is 6. The van der Waals surface area contributed by atoms with Crippen molar-refractivity contribution in [3.05, 3.63) is 0 Å². The fourth-order valence-electron chi connectivity index (χ4n) is 2.03. The van der Waals surface area contributed by atoms with Crippen LogP contribution in [-0.2, 0) is 90.4 Å². The van der Waals surface area contributed by atoms with Crippen LogP contribution in [0.4, 0.5) is 0 Å². The van der Waals surface area contributed by atoms with Gasteiger partial charge in [0.1, 0.15) is 6.79 Å². The van der Waals surface area contributed by atoms with Crippen LogP contribution in [0.5, 0.6) is 0 Å². The van der Waals surface area contributed by atoms with Gasteiger partial charge in [-0.1, -0.05) is 48.0 Å². The van der Waals surface area contributed by atoms with E-state index in [9.17, 15) is 33.6 Å². The van der Waals surface area contributed by atoms with E-state index in [2.05, 4.69) is 51.7 Å². The van der Waals surface area contributed by atoms with Gasteiger partial charge in [0.2, 0.25) is 6.41 Å². The second kappa shape index (κ2) is 90.7. The summed E-state index contributed by atoms with van der Waals surface area (Å²) in [5.41, 5.74) is 0. The topological polar surface area (TPSA) is 233 Å². The van der Waals surface area contributed by atoms with E-state index in [1.165, 1.54) is 53.4 Å². The highest BCUT2D eigenvalue weighted by molar-refractivity contribution is 5.69. The molecule has 20 heteroatoms. The number of rotatable bonds is 17. The summed E-state index contributed by atoms with van der Waals surface area (Å²) in [5.74, 6) is -1.05. The number of hydrogen-bond donors (Lipinski definition) is 0.